The lowest BCUT2D eigenvalue weighted by atomic mass is 10.2. The molecule has 0 saturated carbocycles. The molecule has 0 bridgehead atoms. The van der Waals surface area contributed by atoms with Crippen LogP contribution in [-0.2, 0) is 12.8 Å². The zero-order chi connectivity index (χ0) is 17.8. The Kier molecular flexibility index (Phi) is 6.20. The Morgan fingerprint density at radius 2 is 1.88 bits per heavy atom. The van der Waals surface area contributed by atoms with Gasteiger partial charge in [0, 0.05) is 50.1 Å². The highest BCUT2D eigenvalue weighted by molar-refractivity contribution is 7.98. The van der Waals surface area contributed by atoms with Gasteiger partial charge in [-0.2, -0.15) is 16.7 Å². The van der Waals surface area contributed by atoms with Crippen LogP contribution in [0, 0.1) is 0 Å². The highest BCUT2D eigenvalue weighted by Crippen LogP contribution is 2.31. The third kappa shape index (κ3) is 4.28. The predicted molar refractivity (Wildman–Crippen MR) is 112 cm³/mol. The summed E-state index contributed by atoms with van der Waals surface area (Å²) < 4.78 is 0. The number of hydrogen-bond donors (Lipinski definition) is 1. The van der Waals surface area contributed by atoms with Gasteiger partial charge in [0.2, 0.25) is 5.95 Å². The molecule has 3 aliphatic rings. The van der Waals surface area contributed by atoms with Crippen LogP contribution in [0.25, 0.3) is 0 Å². The molecule has 0 spiro atoms. The Labute approximate surface area is 162 Å². The number of fused-ring (bicyclic) bond motifs is 1. The monoisotopic (exact) mass is 375 g/mol. The SMILES string of the molecule is CSCCN1CCC(Nc2nc3c(c(N4CCCCCC4)n2)CCC3)C1. The van der Waals surface area contributed by atoms with Crippen molar-refractivity contribution < 1.29 is 0 Å². The predicted octanol–water partition coefficient (Wildman–Crippen LogP) is 3.19. The first-order chi connectivity index (χ1) is 12.8. The van der Waals surface area contributed by atoms with Gasteiger partial charge in [-0.3, -0.25) is 0 Å². The van der Waals surface area contributed by atoms with Crippen molar-refractivity contribution >= 4 is 23.5 Å². The maximum atomic E-state index is 5.04. The van der Waals surface area contributed by atoms with Crippen molar-refractivity contribution in [1.29, 1.82) is 0 Å². The lowest BCUT2D eigenvalue weighted by Gasteiger charge is -2.25. The first-order valence-electron chi connectivity index (χ1n) is 10.5. The van der Waals surface area contributed by atoms with Crippen LogP contribution in [-0.4, -0.2) is 65.6 Å². The quantitative estimate of drug-likeness (QED) is 0.824. The van der Waals surface area contributed by atoms with E-state index in [2.05, 4.69) is 21.4 Å². The van der Waals surface area contributed by atoms with E-state index in [-0.39, 0.29) is 0 Å². The van der Waals surface area contributed by atoms with E-state index in [9.17, 15) is 0 Å². The maximum absolute atomic E-state index is 5.04. The third-order valence-corrected chi connectivity index (χ3v) is 6.62. The van der Waals surface area contributed by atoms with Crippen LogP contribution in [0.15, 0.2) is 0 Å². The van der Waals surface area contributed by atoms with Gasteiger partial charge in [0.15, 0.2) is 0 Å². The van der Waals surface area contributed by atoms with Gasteiger partial charge in [-0.1, -0.05) is 12.8 Å². The minimum atomic E-state index is 0.494. The topological polar surface area (TPSA) is 44.3 Å². The minimum absolute atomic E-state index is 0.494. The van der Waals surface area contributed by atoms with E-state index in [4.69, 9.17) is 9.97 Å². The number of thioether (sulfide) groups is 1. The van der Waals surface area contributed by atoms with E-state index in [0.29, 0.717) is 6.04 Å². The highest BCUT2D eigenvalue weighted by atomic mass is 32.2. The zero-order valence-corrected chi connectivity index (χ0v) is 17.0. The Morgan fingerprint density at radius 1 is 1.04 bits per heavy atom. The second kappa shape index (κ2) is 8.79. The molecule has 1 aromatic rings. The van der Waals surface area contributed by atoms with Gasteiger partial charge >= 0.3 is 0 Å². The summed E-state index contributed by atoms with van der Waals surface area (Å²) in [6.45, 7) is 5.84. The minimum Gasteiger partial charge on any atom is -0.356 e. The molecule has 0 aromatic carbocycles. The summed E-state index contributed by atoms with van der Waals surface area (Å²) in [6.07, 6.45) is 12.2. The van der Waals surface area contributed by atoms with Crippen LogP contribution in [0.1, 0.15) is 49.8 Å². The van der Waals surface area contributed by atoms with E-state index in [0.717, 1.165) is 38.4 Å². The van der Waals surface area contributed by atoms with Crippen molar-refractivity contribution in [2.24, 2.45) is 0 Å². The summed E-state index contributed by atoms with van der Waals surface area (Å²) in [5, 5.41) is 3.67. The summed E-state index contributed by atoms with van der Waals surface area (Å²) in [4.78, 5) is 15.1. The van der Waals surface area contributed by atoms with Crippen LogP contribution < -0.4 is 10.2 Å². The number of rotatable bonds is 6. The van der Waals surface area contributed by atoms with Gasteiger partial charge in [0.05, 0.1) is 5.69 Å². The van der Waals surface area contributed by atoms with E-state index in [1.165, 1.54) is 74.4 Å². The lowest BCUT2D eigenvalue weighted by Crippen LogP contribution is -2.30. The summed E-state index contributed by atoms with van der Waals surface area (Å²) in [6, 6.07) is 0.494. The molecule has 1 unspecified atom stereocenters. The largest absolute Gasteiger partial charge is 0.356 e. The molecule has 1 aromatic heterocycles. The van der Waals surface area contributed by atoms with Gasteiger partial charge in [-0.05, 0) is 44.8 Å². The molecule has 2 fully saturated rings. The van der Waals surface area contributed by atoms with Gasteiger partial charge in [0.25, 0.3) is 0 Å². The summed E-state index contributed by atoms with van der Waals surface area (Å²) in [5.41, 5.74) is 2.74. The first kappa shape index (κ1) is 18.4. The Bertz CT molecular complexity index is 600. The third-order valence-electron chi connectivity index (χ3n) is 6.03. The van der Waals surface area contributed by atoms with E-state index < -0.39 is 0 Å². The molecule has 0 amide bonds. The van der Waals surface area contributed by atoms with Crippen LogP contribution in [0.3, 0.4) is 0 Å². The molecule has 1 N–H and O–H groups in total. The fourth-order valence-electron chi connectivity index (χ4n) is 4.58. The Balaban J connectivity index is 1.48. The molecule has 4 rings (SSSR count). The molecule has 5 nitrogen and oxygen atoms in total. The van der Waals surface area contributed by atoms with Crippen molar-refractivity contribution in [1.82, 2.24) is 14.9 Å². The number of likely N-dealkylation sites (tertiary alicyclic amines) is 1. The number of aromatic nitrogens is 2. The second-order valence-electron chi connectivity index (χ2n) is 7.97. The summed E-state index contributed by atoms with van der Waals surface area (Å²) in [7, 11) is 0. The average Bonchev–Trinajstić information content (AvgIpc) is 3.21. The molecule has 144 valence electrons. The lowest BCUT2D eigenvalue weighted by molar-refractivity contribution is 0.359. The fourth-order valence-corrected chi connectivity index (χ4v) is 5.02. The first-order valence-corrected chi connectivity index (χ1v) is 11.9. The molecular formula is C20H33N5S. The van der Waals surface area contributed by atoms with Crippen LogP contribution >= 0.6 is 11.8 Å². The molecule has 1 atom stereocenters. The van der Waals surface area contributed by atoms with Crippen LogP contribution in [0.2, 0.25) is 0 Å². The molecular weight excluding hydrogens is 342 g/mol. The Hall–Kier alpha value is -1.01. The van der Waals surface area contributed by atoms with E-state index >= 15 is 0 Å². The molecule has 6 heteroatoms. The van der Waals surface area contributed by atoms with Gasteiger partial charge < -0.3 is 15.1 Å². The van der Waals surface area contributed by atoms with Crippen molar-refractivity contribution in [3.8, 4) is 0 Å². The molecule has 0 radical (unpaired) electrons. The van der Waals surface area contributed by atoms with Crippen molar-refractivity contribution in [3.05, 3.63) is 11.3 Å². The summed E-state index contributed by atoms with van der Waals surface area (Å²) in [5.74, 6) is 3.34. The van der Waals surface area contributed by atoms with Gasteiger partial charge in [-0.15, -0.1) is 0 Å². The normalized spacial score (nSPS) is 23.9. The Morgan fingerprint density at radius 3 is 2.69 bits per heavy atom. The molecule has 1 aliphatic carbocycles. The van der Waals surface area contributed by atoms with Gasteiger partial charge in [-0.25, -0.2) is 4.98 Å². The van der Waals surface area contributed by atoms with Crippen molar-refractivity contribution in [2.75, 3.05) is 54.9 Å². The number of nitrogens with one attached hydrogen (secondary N) is 1. The smallest absolute Gasteiger partial charge is 0.225 e. The second-order valence-corrected chi connectivity index (χ2v) is 8.96. The van der Waals surface area contributed by atoms with Crippen LogP contribution in [0.4, 0.5) is 11.8 Å². The van der Waals surface area contributed by atoms with Crippen molar-refractivity contribution in [3.63, 3.8) is 0 Å². The number of nitrogens with zero attached hydrogens (tertiary/aromatic N) is 4. The number of aryl methyl sites for hydroxylation is 1. The number of hydrogen-bond acceptors (Lipinski definition) is 6. The maximum Gasteiger partial charge on any atom is 0.225 e. The van der Waals surface area contributed by atoms with E-state index in [1.807, 2.05) is 11.8 Å². The molecule has 2 saturated heterocycles. The summed E-state index contributed by atoms with van der Waals surface area (Å²) >= 11 is 1.93. The molecule has 2 aliphatic heterocycles. The fraction of sp³-hybridized carbons (Fsp3) is 0.800. The average molecular weight is 376 g/mol. The van der Waals surface area contributed by atoms with Crippen molar-refractivity contribution in [2.45, 2.75) is 57.4 Å². The standard InChI is InChI=1S/C20H33N5S/c1-26-14-13-24-12-9-16(15-24)21-20-22-18-8-6-7-17(18)19(23-20)25-10-4-2-3-5-11-25/h16H,2-15H2,1H3,(H,21,22,23). The zero-order valence-electron chi connectivity index (χ0n) is 16.2. The van der Waals surface area contributed by atoms with Crippen LogP contribution in [0.5, 0.6) is 0 Å². The highest BCUT2D eigenvalue weighted by Gasteiger charge is 2.26. The van der Waals surface area contributed by atoms with E-state index in [1.54, 1.807) is 0 Å². The molecule has 26 heavy (non-hydrogen) atoms. The van der Waals surface area contributed by atoms with Gasteiger partial charge in [0.1, 0.15) is 5.82 Å². The number of anilines is 2. The molecule has 3 heterocycles.